The Kier molecular flexibility index (Phi) is 13.0. The second-order valence-corrected chi connectivity index (χ2v) is 24.7. The predicted octanol–water partition coefficient (Wildman–Crippen LogP) is 7.12. The van der Waals surface area contributed by atoms with Crippen LogP contribution in [0.25, 0.3) is 66.9 Å². The lowest BCUT2D eigenvalue weighted by Gasteiger charge is -2.23. The van der Waals surface area contributed by atoms with E-state index in [2.05, 4.69) is 60.4 Å². The third kappa shape index (κ3) is 9.96. The zero-order valence-electron chi connectivity index (χ0n) is 37.2. The van der Waals surface area contributed by atoms with Crippen molar-refractivity contribution in [3.05, 3.63) is 82.4 Å². The van der Waals surface area contributed by atoms with E-state index in [0.29, 0.717) is 72.9 Å². The van der Waals surface area contributed by atoms with Crippen LogP contribution in [0.15, 0.2) is 61.2 Å². The molecule has 64 heavy (non-hydrogen) atoms. The second-order valence-electron chi connectivity index (χ2n) is 18.2. The predicted molar refractivity (Wildman–Crippen MR) is 252 cm³/mol. The molecule has 336 valence electrons. The van der Waals surface area contributed by atoms with Crippen LogP contribution in [0.1, 0.15) is 48.4 Å². The van der Waals surface area contributed by atoms with Gasteiger partial charge in [0, 0.05) is 62.0 Å². The number of ether oxygens (including phenoxy) is 1. The minimum atomic E-state index is -1.23. The van der Waals surface area contributed by atoms with Crippen LogP contribution in [-0.4, -0.2) is 110 Å². The highest BCUT2D eigenvalue weighted by Gasteiger charge is 2.27. The van der Waals surface area contributed by atoms with Crippen LogP contribution in [0, 0.1) is 0 Å². The first-order valence-electron chi connectivity index (χ1n) is 20.6. The Hall–Kier alpha value is -5.76. The molecule has 0 aliphatic heterocycles. The van der Waals surface area contributed by atoms with Crippen LogP contribution >= 0.6 is 23.2 Å². The number of nitrogens with one attached hydrogen (secondary N) is 3. The average molecular weight is 928 g/mol. The topological polar surface area (TPSA) is 216 Å². The number of rotatable bonds is 13. The molecule has 5 N–H and O–H groups in total. The van der Waals surface area contributed by atoms with E-state index in [-0.39, 0.29) is 31.8 Å². The molecule has 0 saturated heterocycles. The molecule has 8 aromatic rings. The molecule has 0 saturated carbocycles. The van der Waals surface area contributed by atoms with E-state index in [1.807, 2.05) is 44.4 Å². The van der Waals surface area contributed by atoms with Gasteiger partial charge in [-0.05, 0) is 70.1 Å². The van der Waals surface area contributed by atoms with Crippen molar-refractivity contribution in [3.63, 3.8) is 0 Å². The number of hydrogen-bond acceptors (Lipinski definition) is 11. The fraction of sp³-hybridized carbons (Fsp3) is 0.364. The lowest BCUT2D eigenvalue weighted by Crippen LogP contribution is -2.46. The highest BCUT2D eigenvalue weighted by molar-refractivity contribution is 6.76. The molecule has 8 rings (SSSR count). The van der Waals surface area contributed by atoms with Gasteiger partial charge in [-0.3, -0.25) is 19.0 Å². The van der Waals surface area contributed by atoms with Crippen molar-refractivity contribution in [2.24, 2.45) is 14.1 Å². The smallest absolute Gasteiger partial charge is 0.255 e. The Labute approximate surface area is 380 Å². The minimum absolute atomic E-state index is 0.180. The van der Waals surface area contributed by atoms with Gasteiger partial charge in [0.1, 0.15) is 40.5 Å². The van der Waals surface area contributed by atoms with Crippen molar-refractivity contribution in [1.29, 1.82) is 0 Å². The Morgan fingerprint density at radius 1 is 0.781 bits per heavy atom. The molecule has 0 unspecified atom stereocenters. The molecule has 20 heteroatoms. The summed E-state index contributed by atoms with van der Waals surface area (Å²) in [4.78, 5) is 47.4. The summed E-state index contributed by atoms with van der Waals surface area (Å²) in [7, 11) is 2.45. The number of aromatic amines is 1. The van der Waals surface area contributed by atoms with Gasteiger partial charge < -0.3 is 35.1 Å². The third-order valence-electron chi connectivity index (χ3n) is 10.5. The van der Waals surface area contributed by atoms with Crippen molar-refractivity contribution in [2.75, 3.05) is 19.8 Å². The van der Waals surface area contributed by atoms with Crippen molar-refractivity contribution in [2.45, 2.75) is 71.2 Å². The normalized spacial score (nSPS) is 12.3. The van der Waals surface area contributed by atoms with E-state index >= 15 is 0 Å². The number of aryl methyl sites for hydroxylation is 2. The lowest BCUT2D eigenvalue weighted by atomic mass is 10.1. The lowest BCUT2D eigenvalue weighted by molar-refractivity contribution is 0.0855. The molecule has 0 aliphatic carbocycles. The quantitative estimate of drug-likeness (QED) is 0.0580. The molecule has 0 radical (unpaired) electrons. The van der Waals surface area contributed by atoms with E-state index in [0.717, 1.165) is 27.8 Å². The number of aliphatic hydroxyl groups is 2. The summed E-state index contributed by atoms with van der Waals surface area (Å²) in [5.41, 5.74) is 5.26. The number of nitrogens with zero attached hydrogens (tertiary/aromatic N) is 9. The van der Waals surface area contributed by atoms with Crippen molar-refractivity contribution in [1.82, 2.24) is 59.7 Å². The van der Waals surface area contributed by atoms with E-state index in [4.69, 9.17) is 32.9 Å². The zero-order chi connectivity index (χ0) is 46.3. The molecule has 0 spiro atoms. The van der Waals surface area contributed by atoms with Crippen LogP contribution < -0.4 is 10.6 Å². The molecule has 6 aromatic heterocycles. The molecular weight excluding hydrogens is 876 g/mol. The maximum absolute atomic E-state index is 13.2. The van der Waals surface area contributed by atoms with Crippen molar-refractivity contribution in [3.8, 4) is 22.8 Å². The summed E-state index contributed by atoms with van der Waals surface area (Å²) in [5, 5.41) is 36.9. The summed E-state index contributed by atoms with van der Waals surface area (Å²) in [6.07, 6.45) is 6.56. The highest BCUT2D eigenvalue weighted by Crippen LogP contribution is 2.32. The van der Waals surface area contributed by atoms with Gasteiger partial charge in [-0.2, -0.15) is 10.2 Å². The molecule has 0 aliphatic rings. The van der Waals surface area contributed by atoms with Crippen LogP contribution in [0.5, 0.6) is 0 Å². The van der Waals surface area contributed by atoms with E-state index < -0.39 is 19.2 Å². The maximum Gasteiger partial charge on any atom is 0.255 e. The van der Waals surface area contributed by atoms with Gasteiger partial charge in [-0.15, -0.1) is 0 Å². The number of amides is 2. The standard InChI is InChI=1S/C25H33ClN6O3Si.C19H19ClN6O2/c1-25(2,14-33)29-24(34)18-13-32(15-35-9-10-36(4,5)6)23-22(18)28-19(12-27-23)21-17-8-7-16(26)11-20(17)31(3)30-21;1-19(2,9-27)24-18(28)12-7-21-17-16(12)23-13(8-22-17)15-11-5-4-10(20)6-14(11)26(3)25-15/h7-8,11-13,33H,9-10,14-15H2,1-6H3,(H,29,34);4-8,27H,9H2,1-3H3,(H,21,22)(H,24,28). The Bertz CT molecular complexity index is 3040. The number of hydrogen-bond donors (Lipinski definition) is 5. The molecule has 2 aromatic carbocycles. The number of halogens is 2. The fourth-order valence-electron chi connectivity index (χ4n) is 6.82. The second kappa shape index (κ2) is 18.0. The Morgan fingerprint density at radius 2 is 1.30 bits per heavy atom. The van der Waals surface area contributed by atoms with Crippen LogP contribution in [0.2, 0.25) is 35.7 Å². The van der Waals surface area contributed by atoms with Crippen LogP contribution in [0.3, 0.4) is 0 Å². The molecule has 0 atom stereocenters. The first kappa shape index (κ1) is 46.2. The van der Waals surface area contributed by atoms with Crippen molar-refractivity contribution >= 4 is 87.2 Å². The molecule has 0 fully saturated rings. The zero-order valence-corrected chi connectivity index (χ0v) is 39.7. The van der Waals surface area contributed by atoms with E-state index in [1.165, 1.54) is 0 Å². The van der Waals surface area contributed by atoms with Crippen molar-refractivity contribution < 1.29 is 24.5 Å². The molecular formula is C44H52Cl2N12O5Si. The van der Waals surface area contributed by atoms with Gasteiger partial charge >= 0.3 is 0 Å². The van der Waals surface area contributed by atoms with Gasteiger partial charge in [0.15, 0.2) is 11.3 Å². The Morgan fingerprint density at radius 3 is 1.83 bits per heavy atom. The number of fused-ring (bicyclic) bond motifs is 4. The largest absolute Gasteiger partial charge is 0.394 e. The summed E-state index contributed by atoms with van der Waals surface area (Å²) >= 11 is 12.3. The van der Waals surface area contributed by atoms with Gasteiger partial charge in [-0.1, -0.05) is 42.8 Å². The molecule has 2 amide bonds. The van der Waals surface area contributed by atoms with Crippen LogP contribution in [0.4, 0.5) is 0 Å². The minimum Gasteiger partial charge on any atom is -0.394 e. The average Bonchev–Trinajstić information content (AvgIpc) is 4.00. The number of carbonyl (C=O) groups excluding carboxylic acids is 2. The molecule has 17 nitrogen and oxygen atoms in total. The molecule has 0 bridgehead atoms. The fourth-order valence-corrected chi connectivity index (χ4v) is 7.91. The first-order chi connectivity index (χ1) is 30.2. The monoisotopic (exact) mass is 926 g/mol. The molecule has 6 heterocycles. The number of H-pyrrole nitrogens is 1. The Balaban J connectivity index is 0.000000197. The van der Waals surface area contributed by atoms with Crippen LogP contribution in [-0.2, 0) is 25.6 Å². The van der Waals surface area contributed by atoms with E-state index in [1.54, 1.807) is 72.5 Å². The third-order valence-corrected chi connectivity index (χ3v) is 12.6. The van der Waals surface area contributed by atoms with Gasteiger partial charge in [-0.25, -0.2) is 19.9 Å². The SMILES string of the molecule is Cn1nc(-c2cnc3[nH]cc(C(=O)NC(C)(C)CO)c3n2)c2ccc(Cl)cc21.Cn1nc(-c2cnc3c(n2)c(C(=O)NC(C)(C)CO)cn3COCC[Si](C)(C)C)c2ccc(Cl)cc21. The maximum atomic E-state index is 13.2. The summed E-state index contributed by atoms with van der Waals surface area (Å²) in [6.45, 7) is 14.4. The van der Waals surface area contributed by atoms with Gasteiger partial charge in [0.2, 0.25) is 0 Å². The number of aliphatic hydroxyl groups excluding tert-OH is 2. The summed E-state index contributed by atoms with van der Waals surface area (Å²) in [5.74, 6) is -0.682. The number of carbonyl (C=O) groups is 2. The van der Waals surface area contributed by atoms with Gasteiger partial charge in [0.05, 0.1) is 58.8 Å². The highest BCUT2D eigenvalue weighted by atomic mass is 35.5. The number of benzene rings is 2. The number of aromatic nitrogens is 10. The first-order valence-corrected chi connectivity index (χ1v) is 25.0. The van der Waals surface area contributed by atoms with E-state index in [9.17, 15) is 19.8 Å². The van der Waals surface area contributed by atoms with Gasteiger partial charge in [0.25, 0.3) is 11.8 Å². The summed E-state index contributed by atoms with van der Waals surface area (Å²) < 4.78 is 11.2. The summed E-state index contributed by atoms with van der Waals surface area (Å²) in [6, 6.07) is 12.1.